The first-order valence-electron chi connectivity index (χ1n) is 9.37. The molecule has 4 rings (SSSR count). The molecule has 3 aromatic rings. The predicted octanol–water partition coefficient (Wildman–Crippen LogP) is 3.03. The number of hydrogen-bond acceptors (Lipinski definition) is 8. The lowest BCUT2D eigenvalue weighted by atomic mass is 10.3. The molecule has 1 aromatic carbocycles. The van der Waals surface area contributed by atoms with Gasteiger partial charge in [0.1, 0.15) is 17.2 Å². The molecule has 0 spiro atoms. The molecule has 1 aliphatic heterocycles. The third-order valence-corrected chi connectivity index (χ3v) is 6.64. The maximum absolute atomic E-state index is 13.2. The number of ether oxygens (including phenoxy) is 1. The van der Waals surface area contributed by atoms with Crippen LogP contribution in [0.2, 0.25) is 0 Å². The minimum Gasteiger partial charge on any atom is -0.466 e. The van der Waals surface area contributed by atoms with Gasteiger partial charge < -0.3 is 9.64 Å². The molecule has 0 N–H and O–H groups in total. The van der Waals surface area contributed by atoms with Crippen LogP contribution in [0, 0.1) is 5.82 Å². The first-order chi connectivity index (χ1) is 15.1. The SMILES string of the molecule is COC(=O)/C=C1/SCC(=O)N1CCCSc1ncnc2c1cnn2-c1ccc(F)cc1. The van der Waals surface area contributed by atoms with E-state index < -0.39 is 5.97 Å². The van der Waals surface area contributed by atoms with Crippen LogP contribution in [-0.4, -0.2) is 61.7 Å². The summed E-state index contributed by atoms with van der Waals surface area (Å²) >= 11 is 2.88. The molecule has 1 saturated heterocycles. The summed E-state index contributed by atoms with van der Waals surface area (Å²) in [5.41, 5.74) is 1.35. The van der Waals surface area contributed by atoms with Gasteiger partial charge >= 0.3 is 5.97 Å². The van der Waals surface area contributed by atoms with Crippen molar-refractivity contribution in [2.75, 3.05) is 25.2 Å². The van der Waals surface area contributed by atoms with E-state index >= 15 is 0 Å². The molecule has 0 aliphatic carbocycles. The second-order valence-corrected chi connectivity index (χ2v) is 8.57. The highest BCUT2D eigenvalue weighted by molar-refractivity contribution is 8.04. The van der Waals surface area contributed by atoms with Crippen molar-refractivity contribution >= 4 is 46.4 Å². The Labute approximate surface area is 185 Å². The summed E-state index contributed by atoms with van der Waals surface area (Å²) in [6.45, 7) is 0.505. The van der Waals surface area contributed by atoms with Crippen molar-refractivity contribution in [3.63, 3.8) is 0 Å². The molecule has 8 nitrogen and oxygen atoms in total. The van der Waals surface area contributed by atoms with E-state index in [0.29, 0.717) is 40.8 Å². The zero-order valence-corrected chi connectivity index (χ0v) is 18.2. The quantitative estimate of drug-likeness (QED) is 0.175. The molecular weight excluding hydrogens is 441 g/mol. The van der Waals surface area contributed by atoms with Crippen LogP contribution < -0.4 is 0 Å². The van der Waals surface area contributed by atoms with Crippen molar-refractivity contribution in [2.24, 2.45) is 0 Å². The van der Waals surface area contributed by atoms with Crippen LogP contribution in [0.25, 0.3) is 16.7 Å². The van der Waals surface area contributed by atoms with Gasteiger partial charge in [0, 0.05) is 12.3 Å². The topological polar surface area (TPSA) is 90.2 Å². The van der Waals surface area contributed by atoms with Crippen molar-refractivity contribution in [3.8, 4) is 5.69 Å². The van der Waals surface area contributed by atoms with Crippen molar-refractivity contribution in [1.29, 1.82) is 0 Å². The van der Waals surface area contributed by atoms with Crippen LogP contribution in [0.4, 0.5) is 4.39 Å². The number of hydrogen-bond donors (Lipinski definition) is 0. The van der Waals surface area contributed by atoms with Crippen LogP contribution in [0.15, 0.2) is 52.9 Å². The molecule has 0 radical (unpaired) electrons. The Bertz CT molecular complexity index is 1150. The highest BCUT2D eigenvalue weighted by atomic mass is 32.2. The largest absolute Gasteiger partial charge is 0.466 e. The summed E-state index contributed by atoms with van der Waals surface area (Å²) in [6, 6.07) is 6.03. The molecule has 31 heavy (non-hydrogen) atoms. The van der Waals surface area contributed by atoms with E-state index in [-0.39, 0.29) is 11.7 Å². The Morgan fingerprint density at radius 2 is 2.13 bits per heavy atom. The van der Waals surface area contributed by atoms with Gasteiger partial charge in [-0.25, -0.2) is 23.8 Å². The van der Waals surface area contributed by atoms with Crippen LogP contribution in [0.3, 0.4) is 0 Å². The van der Waals surface area contributed by atoms with E-state index in [9.17, 15) is 14.0 Å². The number of esters is 1. The number of fused-ring (bicyclic) bond motifs is 1. The second kappa shape index (κ2) is 9.48. The van der Waals surface area contributed by atoms with Crippen molar-refractivity contribution in [1.82, 2.24) is 24.6 Å². The van der Waals surface area contributed by atoms with E-state index in [2.05, 4.69) is 19.8 Å². The maximum Gasteiger partial charge on any atom is 0.333 e. The van der Waals surface area contributed by atoms with Crippen molar-refractivity contribution in [2.45, 2.75) is 11.4 Å². The monoisotopic (exact) mass is 459 g/mol. The molecule has 1 fully saturated rings. The molecule has 0 bridgehead atoms. The molecule has 11 heteroatoms. The normalized spacial score (nSPS) is 15.2. The number of aromatic nitrogens is 4. The Morgan fingerprint density at radius 1 is 1.32 bits per heavy atom. The summed E-state index contributed by atoms with van der Waals surface area (Å²) in [5.74, 6) is 0.234. The van der Waals surface area contributed by atoms with Crippen LogP contribution in [-0.2, 0) is 14.3 Å². The van der Waals surface area contributed by atoms with Gasteiger partial charge in [0.05, 0.1) is 41.2 Å². The number of carbonyl (C=O) groups excluding carboxylic acids is 2. The Hall–Kier alpha value is -2.92. The number of methoxy groups -OCH3 is 1. The number of thioether (sulfide) groups is 2. The fourth-order valence-corrected chi connectivity index (χ4v) is 4.87. The summed E-state index contributed by atoms with van der Waals surface area (Å²) in [4.78, 5) is 33.9. The molecule has 0 unspecified atom stereocenters. The van der Waals surface area contributed by atoms with Crippen LogP contribution in [0.5, 0.6) is 0 Å². The summed E-state index contributed by atoms with van der Waals surface area (Å²) < 4.78 is 19.5. The average Bonchev–Trinajstić information content (AvgIpc) is 3.36. The van der Waals surface area contributed by atoms with Gasteiger partial charge in [0.15, 0.2) is 5.65 Å². The molecule has 0 saturated carbocycles. The van der Waals surface area contributed by atoms with Gasteiger partial charge in [-0.15, -0.1) is 11.8 Å². The number of nitrogens with zero attached hydrogens (tertiary/aromatic N) is 5. The van der Waals surface area contributed by atoms with Gasteiger partial charge in [-0.1, -0.05) is 11.8 Å². The average molecular weight is 460 g/mol. The number of amides is 1. The van der Waals surface area contributed by atoms with Gasteiger partial charge in [-0.2, -0.15) is 5.10 Å². The van der Waals surface area contributed by atoms with E-state index in [4.69, 9.17) is 0 Å². The summed E-state index contributed by atoms with van der Waals surface area (Å²) in [5, 5.41) is 6.58. The molecule has 1 aliphatic rings. The summed E-state index contributed by atoms with van der Waals surface area (Å²) in [6.07, 6.45) is 5.23. The highest BCUT2D eigenvalue weighted by Gasteiger charge is 2.27. The third-order valence-electron chi connectivity index (χ3n) is 4.52. The molecule has 160 valence electrons. The standard InChI is InChI=1S/C20H18FN5O3S2/c1-29-18(28)9-17-25(16(27)11-31-17)7-2-8-30-20-15-10-24-26(19(15)22-12-23-20)14-5-3-13(21)4-6-14/h3-6,9-10,12H,2,7-8,11H2,1H3/b17-9+. The van der Waals surface area contributed by atoms with Gasteiger partial charge in [0.25, 0.3) is 0 Å². The lowest BCUT2D eigenvalue weighted by molar-refractivity contribution is -0.134. The Balaban J connectivity index is 1.42. The fraction of sp³-hybridized carbons (Fsp3) is 0.250. The van der Waals surface area contributed by atoms with Crippen molar-refractivity contribution in [3.05, 3.63) is 53.7 Å². The second-order valence-electron chi connectivity index (χ2n) is 6.49. The zero-order valence-electron chi connectivity index (χ0n) is 16.5. The molecule has 3 heterocycles. The zero-order chi connectivity index (χ0) is 21.8. The number of benzene rings is 1. The number of rotatable bonds is 7. The lowest BCUT2D eigenvalue weighted by Crippen LogP contribution is -2.26. The maximum atomic E-state index is 13.2. The Kier molecular flexibility index (Phi) is 6.52. The first kappa shape index (κ1) is 21.3. The van der Waals surface area contributed by atoms with E-state index in [1.807, 2.05) is 0 Å². The van der Waals surface area contributed by atoms with Crippen molar-refractivity contribution < 1.29 is 18.7 Å². The predicted molar refractivity (Wildman–Crippen MR) is 116 cm³/mol. The van der Waals surface area contributed by atoms with Crippen LogP contribution in [0.1, 0.15) is 6.42 Å². The van der Waals surface area contributed by atoms with E-state index in [1.165, 1.54) is 43.4 Å². The summed E-state index contributed by atoms with van der Waals surface area (Å²) in [7, 11) is 1.31. The molecule has 2 aromatic heterocycles. The number of halogens is 1. The number of carbonyl (C=O) groups is 2. The Morgan fingerprint density at radius 3 is 2.90 bits per heavy atom. The molecule has 0 atom stereocenters. The lowest BCUT2D eigenvalue weighted by Gasteiger charge is -2.16. The van der Waals surface area contributed by atoms with Crippen LogP contribution >= 0.6 is 23.5 Å². The first-order valence-corrected chi connectivity index (χ1v) is 11.3. The van der Waals surface area contributed by atoms with E-state index in [1.54, 1.807) is 39.7 Å². The third kappa shape index (κ3) is 4.72. The smallest absolute Gasteiger partial charge is 0.333 e. The molecule has 1 amide bonds. The minimum absolute atomic E-state index is 0.0184. The highest BCUT2D eigenvalue weighted by Crippen LogP contribution is 2.30. The van der Waals surface area contributed by atoms with E-state index in [0.717, 1.165) is 10.4 Å². The van der Waals surface area contributed by atoms with Gasteiger partial charge in [-0.05, 0) is 30.7 Å². The minimum atomic E-state index is -0.474. The molecular formula is C20H18FN5O3S2. The van der Waals surface area contributed by atoms with Gasteiger partial charge in [0.2, 0.25) is 5.91 Å². The van der Waals surface area contributed by atoms with Gasteiger partial charge in [-0.3, -0.25) is 4.79 Å². The fourth-order valence-electron chi connectivity index (χ4n) is 3.03.